The minimum atomic E-state index is -4.01. The Balaban J connectivity index is 0.000000254. The summed E-state index contributed by atoms with van der Waals surface area (Å²) in [5.74, 6) is -2.18. The number of carbonyl (C=O) groups is 2. The van der Waals surface area contributed by atoms with Gasteiger partial charge in [0, 0.05) is 15.7 Å². The van der Waals surface area contributed by atoms with Crippen molar-refractivity contribution in [1.82, 2.24) is 0 Å². The van der Waals surface area contributed by atoms with Gasteiger partial charge in [0.1, 0.15) is 4.90 Å². The Kier molecular flexibility index (Phi) is 7.04. The number of benzene rings is 2. The second-order valence-electron chi connectivity index (χ2n) is 4.20. The molecule has 0 atom stereocenters. The summed E-state index contributed by atoms with van der Waals surface area (Å²) in [6.45, 7) is 0. The predicted octanol–water partition coefficient (Wildman–Crippen LogP) is 4.00. The molecule has 0 aliphatic rings. The first-order valence-electron chi connectivity index (χ1n) is 5.98. The van der Waals surface area contributed by atoms with Crippen molar-refractivity contribution in [2.45, 2.75) is 4.90 Å². The number of halogens is 3. The largest absolute Gasteiger partial charge is 0.478 e. The minimum absolute atomic E-state index is 0.106. The maximum atomic E-state index is 10.9. The number of rotatable bonds is 3. The van der Waals surface area contributed by atoms with E-state index in [1.165, 1.54) is 24.3 Å². The first kappa shape index (κ1) is 20.2. The average molecular weight is 412 g/mol. The maximum Gasteiger partial charge on any atom is 0.335 e. The van der Waals surface area contributed by atoms with Gasteiger partial charge in [0.25, 0.3) is 9.05 Å². The Morgan fingerprint density at radius 1 is 0.833 bits per heavy atom. The normalized spacial score (nSPS) is 10.5. The van der Waals surface area contributed by atoms with Gasteiger partial charge in [0.15, 0.2) is 0 Å². The SMILES string of the molecule is O=C(O)c1ccc(Cl)c(S(=O)(=O)Cl)c1.O=C(O)c1ccc(Cl)cc1. The molecule has 2 N–H and O–H groups in total. The van der Waals surface area contributed by atoms with Gasteiger partial charge in [-0.05, 0) is 42.5 Å². The van der Waals surface area contributed by atoms with Crippen LogP contribution in [0.25, 0.3) is 0 Å². The molecule has 0 unspecified atom stereocenters. The molecule has 0 aliphatic carbocycles. The second kappa shape index (κ2) is 8.34. The van der Waals surface area contributed by atoms with Gasteiger partial charge >= 0.3 is 11.9 Å². The topological polar surface area (TPSA) is 109 Å². The van der Waals surface area contributed by atoms with E-state index in [4.69, 9.17) is 44.1 Å². The third-order valence-corrected chi connectivity index (χ3v) is 4.59. The van der Waals surface area contributed by atoms with Gasteiger partial charge in [-0.15, -0.1) is 0 Å². The highest BCUT2D eigenvalue weighted by atomic mass is 35.7. The van der Waals surface area contributed by atoms with Crippen molar-refractivity contribution in [2.75, 3.05) is 0 Å². The smallest absolute Gasteiger partial charge is 0.335 e. The van der Waals surface area contributed by atoms with E-state index in [9.17, 15) is 18.0 Å². The van der Waals surface area contributed by atoms with Crippen LogP contribution < -0.4 is 0 Å². The molecule has 6 nitrogen and oxygen atoms in total. The number of hydrogen-bond acceptors (Lipinski definition) is 4. The minimum Gasteiger partial charge on any atom is -0.478 e. The van der Waals surface area contributed by atoms with Crippen LogP contribution in [0.5, 0.6) is 0 Å². The summed E-state index contributed by atoms with van der Waals surface area (Å²) >= 11 is 11.1. The van der Waals surface area contributed by atoms with E-state index in [1.54, 1.807) is 12.1 Å². The molecule has 2 rings (SSSR count). The lowest BCUT2D eigenvalue weighted by molar-refractivity contribution is 0.0686. The van der Waals surface area contributed by atoms with E-state index in [1.807, 2.05) is 0 Å². The highest BCUT2D eigenvalue weighted by Crippen LogP contribution is 2.25. The molecule has 0 fully saturated rings. The molecular formula is C14H9Cl3O6S. The van der Waals surface area contributed by atoms with E-state index >= 15 is 0 Å². The quantitative estimate of drug-likeness (QED) is 0.739. The van der Waals surface area contributed by atoms with E-state index < -0.39 is 25.9 Å². The number of hydrogen-bond donors (Lipinski definition) is 2. The molecule has 0 aromatic heterocycles. The van der Waals surface area contributed by atoms with Gasteiger partial charge in [-0.2, -0.15) is 0 Å². The van der Waals surface area contributed by atoms with Crippen molar-refractivity contribution in [2.24, 2.45) is 0 Å². The molecule has 10 heteroatoms. The van der Waals surface area contributed by atoms with Crippen molar-refractivity contribution in [3.8, 4) is 0 Å². The third kappa shape index (κ3) is 6.01. The molecule has 0 amide bonds. The van der Waals surface area contributed by atoms with Crippen LogP contribution in [-0.2, 0) is 9.05 Å². The summed E-state index contributed by atoms with van der Waals surface area (Å²) in [6.07, 6.45) is 0. The summed E-state index contributed by atoms with van der Waals surface area (Å²) in [7, 11) is 1.02. The van der Waals surface area contributed by atoms with E-state index in [-0.39, 0.29) is 16.1 Å². The van der Waals surface area contributed by atoms with Crippen LogP contribution in [0.15, 0.2) is 47.4 Å². The van der Waals surface area contributed by atoms with Gasteiger partial charge < -0.3 is 10.2 Å². The molecule has 0 aliphatic heterocycles. The number of carboxylic acid groups (broad SMARTS) is 2. The van der Waals surface area contributed by atoms with Gasteiger partial charge in [-0.1, -0.05) is 23.2 Å². The van der Waals surface area contributed by atoms with Crippen molar-refractivity contribution < 1.29 is 28.2 Å². The Morgan fingerprint density at radius 2 is 1.29 bits per heavy atom. The van der Waals surface area contributed by atoms with Crippen molar-refractivity contribution in [3.05, 3.63) is 63.6 Å². The van der Waals surface area contributed by atoms with Crippen LogP contribution in [0, 0.1) is 0 Å². The van der Waals surface area contributed by atoms with Gasteiger partial charge in [-0.3, -0.25) is 0 Å². The summed E-state index contributed by atoms with van der Waals surface area (Å²) in [5, 5.41) is 17.5. The fourth-order valence-electron chi connectivity index (χ4n) is 1.42. The highest BCUT2D eigenvalue weighted by Gasteiger charge is 2.17. The van der Waals surface area contributed by atoms with Crippen molar-refractivity contribution >= 4 is 54.9 Å². The maximum absolute atomic E-state index is 10.9. The van der Waals surface area contributed by atoms with Gasteiger partial charge in [-0.25, -0.2) is 18.0 Å². The molecule has 0 saturated carbocycles. The Bertz CT molecular complexity index is 863. The zero-order valence-electron chi connectivity index (χ0n) is 11.6. The lowest BCUT2D eigenvalue weighted by Gasteiger charge is -2.00. The Hall–Kier alpha value is -1.80. The predicted molar refractivity (Wildman–Crippen MR) is 89.9 cm³/mol. The van der Waals surface area contributed by atoms with Crippen LogP contribution in [0.1, 0.15) is 20.7 Å². The second-order valence-corrected chi connectivity index (χ2v) is 7.58. The molecular weight excluding hydrogens is 403 g/mol. The summed E-state index contributed by atoms with van der Waals surface area (Å²) in [5.41, 5.74) is 0.0676. The molecule has 24 heavy (non-hydrogen) atoms. The van der Waals surface area contributed by atoms with Gasteiger partial charge in [0.2, 0.25) is 0 Å². The van der Waals surface area contributed by atoms with Crippen LogP contribution >= 0.6 is 33.9 Å². The zero-order valence-corrected chi connectivity index (χ0v) is 14.7. The molecule has 128 valence electrons. The van der Waals surface area contributed by atoms with E-state index in [0.29, 0.717) is 5.02 Å². The highest BCUT2D eigenvalue weighted by molar-refractivity contribution is 8.13. The molecule has 2 aromatic rings. The molecule has 2 aromatic carbocycles. The molecule has 0 heterocycles. The van der Waals surface area contributed by atoms with E-state index in [2.05, 4.69) is 0 Å². The summed E-state index contributed by atoms with van der Waals surface area (Å²) < 4.78 is 21.8. The standard InChI is InChI=1S/C7H4Cl2O4S.C7H5ClO2/c8-5-2-1-4(7(10)11)3-6(5)14(9,12)13;8-6-3-1-5(2-4-6)7(9)10/h1-3H,(H,10,11);1-4H,(H,9,10). The monoisotopic (exact) mass is 410 g/mol. The lowest BCUT2D eigenvalue weighted by atomic mass is 10.2. The summed E-state index contributed by atoms with van der Waals surface area (Å²) in [6, 6.07) is 9.29. The summed E-state index contributed by atoms with van der Waals surface area (Å²) in [4.78, 5) is 20.4. The number of carboxylic acids is 2. The molecule has 0 radical (unpaired) electrons. The first-order valence-corrected chi connectivity index (χ1v) is 9.05. The molecule has 0 saturated heterocycles. The third-order valence-electron chi connectivity index (χ3n) is 2.53. The fourth-order valence-corrected chi connectivity index (χ4v) is 3.03. The van der Waals surface area contributed by atoms with Gasteiger partial charge in [0.05, 0.1) is 16.1 Å². The van der Waals surface area contributed by atoms with Crippen molar-refractivity contribution in [3.63, 3.8) is 0 Å². The zero-order chi connectivity index (χ0) is 18.5. The first-order chi connectivity index (χ1) is 11.0. The lowest BCUT2D eigenvalue weighted by Crippen LogP contribution is -1.99. The van der Waals surface area contributed by atoms with Crippen LogP contribution in [0.4, 0.5) is 0 Å². The number of aromatic carboxylic acids is 2. The molecule has 0 spiro atoms. The van der Waals surface area contributed by atoms with Crippen LogP contribution in [0.2, 0.25) is 10.0 Å². The van der Waals surface area contributed by atoms with Crippen LogP contribution in [-0.4, -0.2) is 30.6 Å². The fraction of sp³-hybridized carbons (Fsp3) is 0. The van der Waals surface area contributed by atoms with Crippen LogP contribution in [0.3, 0.4) is 0 Å². The van der Waals surface area contributed by atoms with E-state index in [0.717, 1.165) is 6.07 Å². The van der Waals surface area contributed by atoms with Crippen molar-refractivity contribution in [1.29, 1.82) is 0 Å². The average Bonchev–Trinajstić information content (AvgIpc) is 2.47. The Morgan fingerprint density at radius 3 is 1.71 bits per heavy atom. The molecule has 0 bridgehead atoms. The Labute approximate surface area is 151 Å².